The summed E-state index contributed by atoms with van der Waals surface area (Å²) in [5, 5.41) is 9.03. The largest absolute Gasteiger partial charge is 0.573 e. The van der Waals surface area contributed by atoms with E-state index in [1.54, 1.807) is 0 Å². The molecule has 0 radical (unpaired) electrons. The Morgan fingerprint density at radius 3 is 2.56 bits per heavy atom. The maximum atomic E-state index is 12.0. The number of phenols is 1. The Kier molecular flexibility index (Phi) is 3.41. The number of ether oxygens (including phenoxy) is 1. The third-order valence-electron chi connectivity index (χ3n) is 1.81. The maximum Gasteiger partial charge on any atom is 0.573 e. The van der Waals surface area contributed by atoms with Gasteiger partial charge in [0.2, 0.25) is 0 Å². The van der Waals surface area contributed by atoms with E-state index >= 15 is 0 Å². The molecule has 0 fully saturated rings. The molecule has 1 rings (SSSR count). The highest BCUT2D eigenvalue weighted by Gasteiger charge is 2.32. The molecule has 0 spiro atoms. The van der Waals surface area contributed by atoms with E-state index in [9.17, 15) is 18.0 Å². The minimum Gasteiger partial charge on any atom is -0.508 e. The first-order chi connectivity index (χ1) is 7.33. The molecule has 0 aliphatic carbocycles. The van der Waals surface area contributed by atoms with E-state index < -0.39 is 23.6 Å². The van der Waals surface area contributed by atoms with Gasteiger partial charge in [0, 0.05) is 12.5 Å². The van der Waals surface area contributed by atoms with E-state index in [1.165, 1.54) is 6.92 Å². The highest BCUT2D eigenvalue weighted by atomic mass is 19.4. The predicted octanol–water partition coefficient (Wildman–Crippen LogP) is 2.88. The van der Waals surface area contributed by atoms with Crippen molar-refractivity contribution >= 4 is 5.78 Å². The van der Waals surface area contributed by atoms with Gasteiger partial charge < -0.3 is 9.84 Å². The number of aromatic hydroxyl groups is 1. The lowest BCUT2D eigenvalue weighted by molar-refractivity contribution is -0.274. The van der Waals surface area contributed by atoms with Gasteiger partial charge in [-0.25, -0.2) is 0 Å². The van der Waals surface area contributed by atoms with Crippen LogP contribution in [0.2, 0.25) is 0 Å². The van der Waals surface area contributed by atoms with Crippen LogP contribution in [-0.4, -0.2) is 17.3 Å². The second kappa shape index (κ2) is 4.42. The molecular formula is C10H9F3O3. The first kappa shape index (κ1) is 12.4. The summed E-state index contributed by atoms with van der Waals surface area (Å²) >= 11 is 0. The fourth-order valence-electron chi connectivity index (χ4n) is 1.14. The van der Waals surface area contributed by atoms with E-state index in [-0.39, 0.29) is 12.0 Å². The number of carbonyl (C=O) groups excluding carboxylic acids is 1. The lowest BCUT2D eigenvalue weighted by Gasteiger charge is -2.12. The number of halogens is 3. The zero-order valence-electron chi connectivity index (χ0n) is 8.34. The monoisotopic (exact) mass is 234 g/mol. The molecule has 0 amide bonds. The van der Waals surface area contributed by atoms with Crippen LogP contribution < -0.4 is 4.74 Å². The van der Waals surface area contributed by atoms with Crippen molar-refractivity contribution in [2.45, 2.75) is 19.7 Å². The summed E-state index contributed by atoms with van der Waals surface area (Å²) in [5.74, 6) is -1.56. The number of carbonyl (C=O) groups is 1. The molecule has 0 saturated heterocycles. The first-order valence-corrected chi connectivity index (χ1v) is 4.45. The topological polar surface area (TPSA) is 46.5 Å². The fourth-order valence-corrected chi connectivity index (χ4v) is 1.14. The molecule has 0 bridgehead atoms. The maximum absolute atomic E-state index is 12.0. The van der Waals surface area contributed by atoms with Gasteiger partial charge in [0.25, 0.3) is 0 Å². The van der Waals surface area contributed by atoms with Crippen LogP contribution in [0.25, 0.3) is 0 Å². The van der Waals surface area contributed by atoms with Crippen LogP contribution in [0.4, 0.5) is 13.2 Å². The van der Waals surface area contributed by atoms with Crippen molar-refractivity contribution in [1.82, 2.24) is 0 Å². The standard InChI is InChI=1S/C10H9F3O3/c1-2-8(15)7-4-3-6(14)5-9(7)16-10(11,12)13/h3-5,14H,2H2,1H3. The molecule has 0 aromatic heterocycles. The molecule has 6 heteroatoms. The molecule has 1 aromatic carbocycles. The van der Waals surface area contributed by atoms with Gasteiger partial charge in [0.05, 0.1) is 5.56 Å². The second-order valence-electron chi connectivity index (χ2n) is 3.00. The van der Waals surface area contributed by atoms with Crippen molar-refractivity contribution < 1.29 is 27.8 Å². The van der Waals surface area contributed by atoms with E-state index in [4.69, 9.17) is 5.11 Å². The van der Waals surface area contributed by atoms with Crippen molar-refractivity contribution in [3.63, 3.8) is 0 Å². The number of rotatable bonds is 3. The van der Waals surface area contributed by atoms with Gasteiger partial charge in [-0.1, -0.05) is 6.92 Å². The molecule has 0 heterocycles. The summed E-state index contributed by atoms with van der Waals surface area (Å²) < 4.78 is 39.7. The average molecular weight is 234 g/mol. The molecule has 0 saturated carbocycles. The molecular weight excluding hydrogens is 225 g/mol. The Morgan fingerprint density at radius 2 is 2.06 bits per heavy atom. The average Bonchev–Trinajstić information content (AvgIpc) is 2.14. The van der Waals surface area contributed by atoms with Gasteiger partial charge in [-0.3, -0.25) is 4.79 Å². The molecule has 0 aliphatic heterocycles. The number of hydrogen-bond acceptors (Lipinski definition) is 3. The zero-order valence-corrected chi connectivity index (χ0v) is 8.34. The third kappa shape index (κ3) is 3.15. The minimum atomic E-state index is -4.89. The van der Waals surface area contributed by atoms with Crippen LogP contribution in [0.15, 0.2) is 18.2 Å². The first-order valence-electron chi connectivity index (χ1n) is 4.45. The molecule has 0 atom stereocenters. The van der Waals surface area contributed by atoms with Crippen LogP contribution in [0, 0.1) is 0 Å². The lowest BCUT2D eigenvalue weighted by Crippen LogP contribution is -2.19. The summed E-state index contributed by atoms with van der Waals surface area (Å²) in [6.45, 7) is 1.52. The number of hydrogen-bond donors (Lipinski definition) is 1. The van der Waals surface area contributed by atoms with E-state index in [0.29, 0.717) is 0 Å². The fraction of sp³-hybridized carbons (Fsp3) is 0.300. The summed E-state index contributed by atoms with van der Waals surface area (Å²) in [6.07, 6.45) is -4.84. The third-order valence-corrected chi connectivity index (χ3v) is 1.81. The van der Waals surface area contributed by atoms with Gasteiger partial charge in [0.15, 0.2) is 5.78 Å². The quantitative estimate of drug-likeness (QED) is 0.818. The van der Waals surface area contributed by atoms with Crippen LogP contribution in [-0.2, 0) is 0 Å². The summed E-state index contributed by atoms with van der Waals surface area (Å²) in [6, 6.07) is 2.99. The molecule has 16 heavy (non-hydrogen) atoms. The van der Waals surface area contributed by atoms with Gasteiger partial charge in [-0.2, -0.15) is 0 Å². The zero-order chi connectivity index (χ0) is 12.3. The summed E-state index contributed by atoms with van der Waals surface area (Å²) in [4.78, 5) is 11.3. The van der Waals surface area contributed by atoms with Crippen LogP contribution in [0.1, 0.15) is 23.7 Å². The van der Waals surface area contributed by atoms with Crippen molar-refractivity contribution in [1.29, 1.82) is 0 Å². The highest BCUT2D eigenvalue weighted by molar-refractivity contribution is 5.98. The smallest absolute Gasteiger partial charge is 0.508 e. The highest BCUT2D eigenvalue weighted by Crippen LogP contribution is 2.30. The second-order valence-corrected chi connectivity index (χ2v) is 3.00. The van der Waals surface area contributed by atoms with Crippen LogP contribution in [0.3, 0.4) is 0 Å². The minimum absolute atomic E-state index is 0.0546. The number of alkyl halides is 3. The molecule has 0 unspecified atom stereocenters. The Labute approximate surface area is 89.5 Å². The Bertz CT molecular complexity index is 399. The number of Topliss-reactive ketones (excluding diaryl/α,β-unsaturated/α-hetero) is 1. The van der Waals surface area contributed by atoms with Gasteiger partial charge in [-0.15, -0.1) is 13.2 Å². The Hall–Kier alpha value is -1.72. The predicted molar refractivity (Wildman–Crippen MR) is 49.4 cm³/mol. The van der Waals surface area contributed by atoms with E-state index in [0.717, 1.165) is 18.2 Å². The van der Waals surface area contributed by atoms with Gasteiger partial charge in [0.1, 0.15) is 11.5 Å². The normalized spacial score (nSPS) is 11.2. The SMILES string of the molecule is CCC(=O)c1ccc(O)cc1OC(F)(F)F. The number of ketones is 1. The van der Waals surface area contributed by atoms with Crippen molar-refractivity contribution in [3.8, 4) is 11.5 Å². The molecule has 3 nitrogen and oxygen atoms in total. The summed E-state index contributed by atoms with van der Waals surface area (Å²) in [5.41, 5.74) is -0.197. The van der Waals surface area contributed by atoms with Gasteiger partial charge in [-0.05, 0) is 12.1 Å². The van der Waals surface area contributed by atoms with Crippen molar-refractivity contribution in [2.75, 3.05) is 0 Å². The number of benzene rings is 1. The van der Waals surface area contributed by atoms with Crippen molar-refractivity contribution in [3.05, 3.63) is 23.8 Å². The molecule has 88 valence electrons. The van der Waals surface area contributed by atoms with E-state index in [2.05, 4.69) is 4.74 Å². The molecule has 0 aliphatic rings. The van der Waals surface area contributed by atoms with Crippen molar-refractivity contribution in [2.24, 2.45) is 0 Å². The van der Waals surface area contributed by atoms with Gasteiger partial charge >= 0.3 is 6.36 Å². The van der Waals surface area contributed by atoms with E-state index in [1.807, 2.05) is 0 Å². The lowest BCUT2D eigenvalue weighted by atomic mass is 10.1. The number of phenolic OH excluding ortho intramolecular Hbond substituents is 1. The van der Waals surface area contributed by atoms with Crippen LogP contribution >= 0.6 is 0 Å². The Balaban J connectivity index is 3.13. The summed E-state index contributed by atoms with van der Waals surface area (Å²) in [7, 11) is 0. The molecule has 1 N–H and O–H groups in total. The van der Waals surface area contributed by atoms with Crippen LogP contribution in [0.5, 0.6) is 11.5 Å². The molecule has 1 aromatic rings. The Morgan fingerprint density at radius 1 is 1.44 bits per heavy atom.